The molecule has 0 bridgehead atoms. The van der Waals surface area contributed by atoms with Crippen molar-refractivity contribution in [2.24, 2.45) is 17.6 Å². The van der Waals surface area contributed by atoms with Crippen LogP contribution >= 0.6 is 0 Å². The lowest BCUT2D eigenvalue weighted by atomic mass is 10.0. The zero-order chi connectivity index (χ0) is 34.7. The molecule has 2 aliphatic carbocycles. The van der Waals surface area contributed by atoms with E-state index >= 15 is 0 Å². The standard InChI is InChI=1S/C18H27N3O3.C17H26N4O3/c1-2-3-4-9-15(20-18(24)14-7-5-6-8-14)16(22)12-21-13-19-11-10-17(21)23;18-9-4-3-7-14(20-17(24)13-5-1-2-6-13)15(22)11-21-12-19-10-8-16(21)23/h10-11,13-15H,2-9,12H2,1H3,(H,20,24);8,10,12-14H,1-7,9,11,18H2,(H,20,24)/t15-;14-/m00/s1. The fraction of sp³-hybridized carbons (Fsp3) is 0.657. The normalized spacial score (nSPS) is 16.0. The molecule has 0 aromatic carbocycles. The van der Waals surface area contributed by atoms with Crippen molar-refractivity contribution in [3.05, 3.63) is 57.9 Å². The number of nitrogens with zero attached hydrogens (tertiary/aromatic N) is 4. The number of nitrogens with one attached hydrogen (secondary N) is 2. The molecular weight excluding hydrogens is 614 g/mol. The molecule has 2 saturated carbocycles. The predicted octanol–water partition coefficient (Wildman–Crippen LogP) is 2.68. The van der Waals surface area contributed by atoms with Crippen LogP contribution in [0.3, 0.4) is 0 Å². The van der Waals surface area contributed by atoms with Gasteiger partial charge in [0.2, 0.25) is 11.8 Å². The Kier molecular flexibility index (Phi) is 16.9. The summed E-state index contributed by atoms with van der Waals surface area (Å²) in [5.41, 5.74) is 4.98. The number of carbonyl (C=O) groups excluding carboxylic acids is 4. The first-order valence-electron chi connectivity index (χ1n) is 17.6. The first kappa shape index (κ1) is 38.4. The lowest BCUT2D eigenvalue weighted by Crippen LogP contribution is -2.45. The van der Waals surface area contributed by atoms with E-state index in [4.69, 9.17) is 5.73 Å². The quantitative estimate of drug-likeness (QED) is 0.201. The van der Waals surface area contributed by atoms with Crippen LogP contribution in [0.15, 0.2) is 46.8 Å². The number of nitrogens with two attached hydrogens (primary N) is 1. The number of carbonyl (C=O) groups is 4. The van der Waals surface area contributed by atoms with Crippen molar-refractivity contribution >= 4 is 23.4 Å². The minimum atomic E-state index is -0.572. The summed E-state index contributed by atoms with van der Waals surface area (Å²) in [5.74, 6) is -0.317. The number of hydrogen-bond acceptors (Lipinski definition) is 9. The molecule has 2 amide bonds. The summed E-state index contributed by atoms with van der Waals surface area (Å²) in [6.07, 6.45) is 19.1. The third-order valence-corrected chi connectivity index (χ3v) is 9.14. The molecule has 2 heterocycles. The molecule has 48 heavy (non-hydrogen) atoms. The fourth-order valence-corrected chi connectivity index (χ4v) is 6.22. The highest BCUT2D eigenvalue weighted by Gasteiger charge is 2.29. The van der Waals surface area contributed by atoms with Gasteiger partial charge >= 0.3 is 0 Å². The summed E-state index contributed by atoms with van der Waals surface area (Å²) >= 11 is 0. The molecule has 0 saturated heterocycles. The molecule has 2 atom stereocenters. The molecule has 0 aliphatic heterocycles. The predicted molar refractivity (Wildman–Crippen MR) is 182 cm³/mol. The van der Waals surface area contributed by atoms with Gasteiger partial charge in [0.15, 0.2) is 11.6 Å². The molecule has 264 valence electrons. The summed E-state index contributed by atoms with van der Waals surface area (Å²) in [7, 11) is 0. The molecule has 2 aromatic rings. The Labute approximate surface area is 282 Å². The third kappa shape index (κ3) is 12.9. The lowest BCUT2D eigenvalue weighted by Gasteiger charge is -2.20. The molecule has 2 aromatic heterocycles. The van der Waals surface area contributed by atoms with Gasteiger partial charge in [-0.1, -0.05) is 51.9 Å². The number of unbranched alkanes of at least 4 members (excludes halogenated alkanes) is 3. The highest BCUT2D eigenvalue weighted by molar-refractivity contribution is 5.90. The summed E-state index contributed by atoms with van der Waals surface area (Å²) in [5, 5.41) is 5.83. The van der Waals surface area contributed by atoms with Crippen LogP contribution in [0.5, 0.6) is 0 Å². The van der Waals surface area contributed by atoms with Crippen molar-refractivity contribution in [3.63, 3.8) is 0 Å². The van der Waals surface area contributed by atoms with E-state index in [1.165, 1.54) is 46.3 Å². The first-order valence-corrected chi connectivity index (χ1v) is 17.6. The van der Waals surface area contributed by atoms with Crippen molar-refractivity contribution in [1.82, 2.24) is 29.7 Å². The number of Topliss-reactive ketones (excluding diaryl/α,β-unsaturated/α-hetero) is 2. The van der Waals surface area contributed by atoms with Gasteiger partial charge in [-0.15, -0.1) is 0 Å². The molecule has 0 spiro atoms. The maximum atomic E-state index is 12.6. The first-order chi connectivity index (χ1) is 23.2. The van der Waals surface area contributed by atoms with Crippen LogP contribution in [-0.2, 0) is 32.3 Å². The van der Waals surface area contributed by atoms with Gasteiger partial charge in [0.05, 0.1) is 37.8 Å². The molecule has 13 heteroatoms. The van der Waals surface area contributed by atoms with Crippen molar-refractivity contribution in [2.75, 3.05) is 6.54 Å². The van der Waals surface area contributed by atoms with Crippen LogP contribution in [0, 0.1) is 11.8 Å². The van der Waals surface area contributed by atoms with Gasteiger partial charge < -0.3 is 16.4 Å². The highest BCUT2D eigenvalue weighted by Crippen LogP contribution is 2.26. The number of amides is 2. The van der Waals surface area contributed by atoms with E-state index in [0.29, 0.717) is 19.4 Å². The molecule has 2 aliphatic rings. The third-order valence-electron chi connectivity index (χ3n) is 9.14. The Morgan fingerprint density at radius 2 is 1.15 bits per heavy atom. The summed E-state index contributed by atoms with van der Waals surface area (Å²) in [4.78, 5) is 81.1. The molecule has 0 radical (unpaired) electrons. The lowest BCUT2D eigenvalue weighted by molar-refractivity contribution is -0.130. The van der Waals surface area contributed by atoms with Crippen molar-refractivity contribution in [3.8, 4) is 0 Å². The highest BCUT2D eigenvalue weighted by atomic mass is 16.2. The monoisotopic (exact) mass is 667 g/mol. The Balaban J connectivity index is 0.000000260. The summed E-state index contributed by atoms with van der Waals surface area (Å²) in [6, 6.07) is 1.55. The molecule has 4 rings (SSSR count). The Hall–Kier alpha value is -4.00. The second-order valence-corrected chi connectivity index (χ2v) is 12.9. The number of ketones is 2. The Bertz CT molecular complexity index is 1320. The van der Waals surface area contributed by atoms with Crippen LogP contribution in [-0.4, -0.2) is 61.1 Å². The largest absolute Gasteiger partial charge is 0.346 e. The van der Waals surface area contributed by atoms with E-state index in [1.54, 1.807) is 0 Å². The van der Waals surface area contributed by atoms with Gasteiger partial charge in [-0.2, -0.15) is 0 Å². The molecule has 2 fully saturated rings. The van der Waals surface area contributed by atoms with E-state index in [0.717, 1.165) is 83.5 Å². The molecule has 4 N–H and O–H groups in total. The fourth-order valence-electron chi connectivity index (χ4n) is 6.22. The van der Waals surface area contributed by atoms with Gasteiger partial charge in [0.25, 0.3) is 11.1 Å². The van der Waals surface area contributed by atoms with E-state index < -0.39 is 12.1 Å². The Morgan fingerprint density at radius 3 is 1.52 bits per heavy atom. The minimum Gasteiger partial charge on any atom is -0.346 e. The maximum absolute atomic E-state index is 12.6. The number of hydrogen-bond donors (Lipinski definition) is 3. The zero-order valence-electron chi connectivity index (χ0n) is 28.3. The molecule has 13 nitrogen and oxygen atoms in total. The minimum absolute atomic E-state index is 0.0101. The molecular formula is C35H53N7O6. The Morgan fingerprint density at radius 1 is 0.729 bits per heavy atom. The number of rotatable bonds is 18. The second-order valence-electron chi connectivity index (χ2n) is 12.9. The topological polar surface area (TPSA) is 188 Å². The van der Waals surface area contributed by atoms with E-state index in [2.05, 4.69) is 27.5 Å². The smallest absolute Gasteiger partial charge is 0.253 e. The SMILES string of the molecule is CCCCC[C@H](NC(=O)C1CCCC1)C(=O)Cn1cnccc1=O.NCCCC[C@H](NC(=O)C1CCCC1)C(=O)Cn1cnccc1=O. The van der Waals surface area contributed by atoms with Crippen LogP contribution in [0.2, 0.25) is 0 Å². The van der Waals surface area contributed by atoms with E-state index in [9.17, 15) is 28.8 Å². The van der Waals surface area contributed by atoms with Gasteiger partial charge in [-0.25, -0.2) is 9.97 Å². The zero-order valence-corrected chi connectivity index (χ0v) is 28.3. The van der Waals surface area contributed by atoms with Crippen LogP contribution in [0.25, 0.3) is 0 Å². The summed E-state index contributed by atoms with van der Waals surface area (Å²) in [6.45, 7) is 2.53. The molecule has 0 unspecified atom stereocenters. The average molecular weight is 668 g/mol. The average Bonchev–Trinajstić information content (AvgIpc) is 3.82. The van der Waals surface area contributed by atoms with E-state index in [-0.39, 0.29) is 59.4 Å². The maximum Gasteiger partial charge on any atom is 0.253 e. The van der Waals surface area contributed by atoms with E-state index in [1.807, 2.05) is 0 Å². The van der Waals surface area contributed by atoms with Gasteiger partial charge in [-0.05, 0) is 57.9 Å². The van der Waals surface area contributed by atoms with Crippen LogP contribution in [0.4, 0.5) is 0 Å². The van der Waals surface area contributed by atoms with Crippen molar-refractivity contribution in [1.29, 1.82) is 0 Å². The second kappa shape index (κ2) is 21.1. The summed E-state index contributed by atoms with van der Waals surface area (Å²) < 4.78 is 2.55. The number of aromatic nitrogens is 4. The van der Waals surface area contributed by atoms with Crippen LogP contribution < -0.4 is 27.5 Å². The van der Waals surface area contributed by atoms with Gasteiger partial charge in [0.1, 0.15) is 0 Å². The van der Waals surface area contributed by atoms with Gasteiger partial charge in [0, 0.05) is 36.4 Å². The van der Waals surface area contributed by atoms with Crippen molar-refractivity contribution in [2.45, 2.75) is 128 Å². The van der Waals surface area contributed by atoms with Crippen LogP contribution in [0.1, 0.15) is 103 Å². The van der Waals surface area contributed by atoms with Gasteiger partial charge in [-0.3, -0.25) is 37.9 Å². The van der Waals surface area contributed by atoms with Crippen molar-refractivity contribution < 1.29 is 19.2 Å².